The second kappa shape index (κ2) is 6.52. The van der Waals surface area contributed by atoms with E-state index in [4.69, 9.17) is 4.74 Å². The van der Waals surface area contributed by atoms with Crippen LogP contribution in [-0.2, 0) is 0 Å². The summed E-state index contributed by atoms with van der Waals surface area (Å²) >= 11 is 0. The normalized spacial score (nSPS) is 18.5. The van der Waals surface area contributed by atoms with Crippen LogP contribution in [0.25, 0.3) is 0 Å². The molecule has 110 valence electrons. The van der Waals surface area contributed by atoms with Crippen molar-refractivity contribution < 1.29 is 9.13 Å². The zero-order valence-corrected chi connectivity index (χ0v) is 11.8. The first-order chi connectivity index (χ1) is 10.3. The van der Waals surface area contributed by atoms with Crippen molar-refractivity contribution in [2.75, 3.05) is 24.6 Å². The van der Waals surface area contributed by atoms with Crippen LogP contribution in [0.3, 0.4) is 0 Å². The van der Waals surface area contributed by atoms with Crippen molar-refractivity contribution in [2.24, 2.45) is 5.92 Å². The SMILES string of the molecule is Fc1cccc(OC[C@H]2CCCN(c3cnccn3)C2)c1. The number of benzene rings is 1. The van der Waals surface area contributed by atoms with Crippen molar-refractivity contribution >= 4 is 5.82 Å². The molecule has 1 fully saturated rings. The molecular weight excluding hydrogens is 269 g/mol. The zero-order chi connectivity index (χ0) is 14.5. The smallest absolute Gasteiger partial charge is 0.147 e. The van der Waals surface area contributed by atoms with Crippen LogP contribution in [0.15, 0.2) is 42.9 Å². The summed E-state index contributed by atoms with van der Waals surface area (Å²) in [6.45, 7) is 2.49. The highest BCUT2D eigenvalue weighted by Crippen LogP contribution is 2.22. The van der Waals surface area contributed by atoms with Crippen molar-refractivity contribution in [1.29, 1.82) is 0 Å². The minimum absolute atomic E-state index is 0.266. The first-order valence-corrected chi connectivity index (χ1v) is 7.20. The van der Waals surface area contributed by atoms with Crippen LogP contribution >= 0.6 is 0 Å². The van der Waals surface area contributed by atoms with Gasteiger partial charge in [-0.15, -0.1) is 0 Å². The maximum Gasteiger partial charge on any atom is 0.147 e. The Balaban J connectivity index is 1.57. The van der Waals surface area contributed by atoms with E-state index in [1.165, 1.54) is 12.1 Å². The molecule has 0 amide bonds. The molecule has 2 aromatic rings. The number of piperidine rings is 1. The van der Waals surface area contributed by atoms with Gasteiger partial charge in [-0.1, -0.05) is 6.07 Å². The predicted molar refractivity (Wildman–Crippen MR) is 78.9 cm³/mol. The Morgan fingerprint density at radius 2 is 2.29 bits per heavy atom. The largest absolute Gasteiger partial charge is 0.493 e. The summed E-state index contributed by atoms with van der Waals surface area (Å²) in [6.07, 6.45) is 7.40. The molecule has 1 aromatic heterocycles. The quantitative estimate of drug-likeness (QED) is 0.866. The first-order valence-electron chi connectivity index (χ1n) is 7.20. The molecule has 0 N–H and O–H groups in total. The molecule has 1 saturated heterocycles. The minimum Gasteiger partial charge on any atom is -0.493 e. The molecule has 1 aliphatic heterocycles. The fourth-order valence-electron chi connectivity index (χ4n) is 2.63. The highest BCUT2D eigenvalue weighted by atomic mass is 19.1. The second-order valence-electron chi connectivity index (χ2n) is 5.29. The maximum absolute atomic E-state index is 13.1. The van der Waals surface area contributed by atoms with Crippen LogP contribution in [0.1, 0.15) is 12.8 Å². The molecule has 0 aliphatic carbocycles. The van der Waals surface area contributed by atoms with Gasteiger partial charge >= 0.3 is 0 Å². The van der Waals surface area contributed by atoms with Crippen LogP contribution < -0.4 is 9.64 Å². The summed E-state index contributed by atoms with van der Waals surface area (Å²) in [5.41, 5.74) is 0. The van der Waals surface area contributed by atoms with Gasteiger partial charge in [-0.3, -0.25) is 4.98 Å². The Hall–Kier alpha value is -2.17. The third-order valence-corrected chi connectivity index (χ3v) is 3.67. The molecule has 0 radical (unpaired) electrons. The Morgan fingerprint density at radius 3 is 3.10 bits per heavy atom. The number of aromatic nitrogens is 2. The second-order valence-corrected chi connectivity index (χ2v) is 5.29. The van der Waals surface area contributed by atoms with Crippen LogP contribution in [0.4, 0.5) is 10.2 Å². The Kier molecular flexibility index (Phi) is 4.28. The van der Waals surface area contributed by atoms with Crippen molar-refractivity contribution in [3.05, 3.63) is 48.7 Å². The van der Waals surface area contributed by atoms with Gasteiger partial charge in [-0.2, -0.15) is 0 Å². The van der Waals surface area contributed by atoms with Crippen molar-refractivity contribution in [3.63, 3.8) is 0 Å². The van der Waals surface area contributed by atoms with Crippen LogP contribution in [0, 0.1) is 11.7 Å². The van der Waals surface area contributed by atoms with Gasteiger partial charge in [-0.25, -0.2) is 9.37 Å². The van der Waals surface area contributed by atoms with Crippen molar-refractivity contribution in [1.82, 2.24) is 9.97 Å². The topological polar surface area (TPSA) is 38.2 Å². The van der Waals surface area contributed by atoms with Gasteiger partial charge < -0.3 is 9.64 Å². The molecule has 0 spiro atoms. The van der Waals surface area contributed by atoms with Gasteiger partial charge in [0, 0.05) is 37.5 Å². The molecule has 3 rings (SSSR count). The summed E-state index contributed by atoms with van der Waals surface area (Å²) in [7, 11) is 0. The monoisotopic (exact) mass is 287 g/mol. The summed E-state index contributed by atoms with van der Waals surface area (Å²) < 4.78 is 18.8. The Morgan fingerprint density at radius 1 is 1.33 bits per heavy atom. The van der Waals surface area contributed by atoms with E-state index >= 15 is 0 Å². The number of ether oxygens (including phenoxy) is 1. The molecule has 4 nitrogen and oxygen atoms in total. The van der Waals surface area contributed by atoms with E-state index in [-0.39, 0.29) is 5.82 Å². The van der Waals surface area contributed by atoms with Crippen LogP contribution in [0.5, 0.6) is 5.75 Å². The molecule has 0 bridgehead atoms. The zero-order valence-electron chi connectivity index (χ0n) is 11.8. The Labute approximate surface area is 123 Å². The predicted octanol–water partition coefficient (Wildman–Crippen LogP) is 2.91. The third-order valence-electron chi connectivity index (χ3n) is 3.67. The van der Waals surface area contributed by atoms with Gasteiger partial charge in [0.25, 0.3) is 0 Å². The van der Waals surface area contributed by atoms with Gasteiger partial charge in [0.15, 0.2) is 0 Å². The van der Waals surface area contributed by atoms with E-state index in [2.05, 4.69) is 14.9 Å². The van der Waals surface area contributed by atoms with Crippen LogP contribution in [0.2, 0.25) is 0 Å². The minimum atomic E-state index is -0.266. The standard InChI is InChI=1S/C16H18FN3O/c17-14-4-1-5-15(9-14)21-12-13-3-2-8-20(11-13)16-10-18-6-7-19-16/h1,4-7,9-10,13H,2-3,8,11-12H2/t13-/m0/s1. The van der Waals surface area contributed by atoms with E-state index in [0.717, 1.165) is 31.7 Å². The van der Waals surface area contributed by atoms with Gasteiger partial charge in [0.2, 0.25) is 0 Å². The summed E-state index contributed by atoms with van der Waals surface area (Å²) in [6, 6.07) is 6.29. The van der Waals surface area contributed by atoms with E-state index in [0.29, 0.717) is 18.3 Å². The summed E-state index contributed by atoms with van der Waals surface area (Å²) in [4.78, 5) is 10.7. The van der Waals surface area contributed by atoms with Gasteiger partial charge in [-0.05, 0) is 25.0 Å². The van der Waals surface area contributed by atoms with Crippen molar-refractivity contribution in [3.8, 4) is 5.75 Å². The number of halogens is 1. The molecule has 1 atom stereocenters. The van der Waals surface area contributed by atoms with Crippen molar-refractivity contribution in [2.45, 2.75) is 12.8 Å². The molecule has 1 aliphatic rings. The molecule has 1 aromatic carbocycles. The molecular formula is C16H18FN3O. The number of nitrogens with zero attached hydrogens (tertiary/aromatic N) is 3. The lowest BCUT2D eigenvalue weighted by molar-refractivity contribution is 0.228. The highest BCUT2D eigenvalue weighted by molar-refractivity contribution is 5.35. The lowest BCUT2D eigenvalue weighted by atomic mass is 9.99. The molecule has 2 heterocycles. The van der Waals surface area contributed by atoms with Crippen LogP contribution in [-0.4, -0.2) is 29.7 Å². The number of rotatable bonds is 4. The van der Waals surface area contributed by atoms with E-state index < -0.39 is 0 Å². The van der Waals surface area contributed by atoms with Gasteiger partial charge in [0.05, 0.1) is 12.8 Å². The van der Waals surface area contributed by atoms with E-state index in [1.54, 1.807) is 30.7 Å². The molecule has 5 heteroatoms. The lowest BCUT2D eigenvalue weighted by Crippen LogP contribution is -2.38. The molecule has 21 heavy (non-hydrogen) atoms. The average molecular weight is 287 g/mol. The number of hydrogen-bond acceptors (Lipinski definition) is 4. The molecule has 0 saturated carbocycles. The van der Waals surface area contributed by atoms with E-state index in [9.17, 15) is 4.39 Å². The highest BCUT2D eigenvalue weighted by Gasteiger charge is 2.21. The Bertz CT molecular complexity index is 579. The summed E-state index contributed by atoms with van der Waals surface area (Å²) in [5.74, 6) is 1.65. The first kappa shape index (κ1) is 13.8. The van der Waals surface area contributed by atoms with Gasteiger partial charge in [0.1, 0.15) is 17.4 Å². The number of hydrogen-bond donors (Lipinski definition) is 0. The average Bonchev–Trinajstić information content (AvgIpc) is 2.54. The fraction of sp³-hybridized carbons (Fsp3) is 0.375. The summed E-state index contributed by atoms with van der Waals surface area (Å²) in [5, 5.41) is 0. The lowest BCUT2D eigenvalue weighted by Gasteiger charge is -2.33. The third kappa shape index (κ3) is 3.68. The fourth-order valence-corrected chi connectivity index (χ4v) is 2.63. The maximum atomic E-state index is 13.1. The molecule has 0 unspecified atom stereocenters. The number of anilines is 1. The van der Waals surface area contributed by atoms with E-state index in [1.807, 2.05) is 0 Å².